The van der Waals surface area contributed by atoms with Gasteiger partial charge >= 0.3 is 0 Å². The Kier molecular flexibility index (Phi) is 5.80. The highest BCUT2D eigenvalue weighted by Crippen LogP contribution is 2.29. The second-order valence-electron chi connectivity index (χ2n) is 5.70. The van der Waals surface area contributed by atoms with Crippen molar-refractivity contribution in [3.63, 3.8) is 0 Å². The Balaban J connectivity index is 1.89. The molecule has 0 heterocycles. The first-order valence-electron chi connectivity index (χ1n) is 8.03. The first-order valence-corrected chi connectivity index (χ1v) is 9.11. The molecule has 0 saturated heterocycles. The molecule has 3 aromatic rings. The Morgan fingerprint density at radius 2 is 1.50 bits per heavy atom. The lowest BCUT2D eigenvalue weighted by molar-refractivity contribution is -0.136. The van der Waals surface area contributed by atoms with E-state index in [1.54, 1.807) is 54.7 Å². The third kappa shape index (κ3) is 4.00. The van der Waals surface area contributed by atoms with Crippen LogP contribution >= 0.6 is 22.6 Å². The zero-order valence-corrected chi connectivity index (χ0v) is 16.0. The molecule has 0 spiro atoms. The second-order valence-corrected chi connectivity index (χ2v) is 6.94. The smallest absolute Gasteiger partial charge is 0.281 e. The number of rotatable bonds is 5. The summed E-state index contributed by atoms with van der Waals surface area (Å²) in [4.78, 5) is 12.8. The molecule has 0 atom stereocenters. The number of hydrazone groups is 1. The van der Waals surface area contributed by atoms with E-state index in [0.29, 0.717) is 11.1 Å². The largest absolute Gasteiger partial charge is 0.372 e. The summed E-state index contributed by atoms with van der Waals surface area (Å²) >= 11 is 2.21. The van der Waals surface area contributed by atoms with Gasteiger partial charge < -0.3 is 5.11 Å². The summed E-state index contributed by atoms with van der Waals surface area (Å²) in [6, 6.07) is 25.4. The van der Waals surface area contributed by atoms with Gasteiger partial charge in [-0.2, -0.15) is 5.10 Å². The van der Waals surface area contributed by atoms with Crippen LogP contribution in [0.1, 0.15) is 16.7 Å². The number of carbonyl (C=O) groups is 1. The van der Waals surface area contributed by atoms with E-state index in [4.69, 9.17) is 0 Å². The van der Waals surface area contributed by atoms with E-state index in [1.807, 2.05) is 36.4 Å². The minimum absolute atomic E-state index is 0.480. The fourth-order valence-electron chi connectivity index (χ4n) is 2.62. The van der Waals surface area contributed by atoms with E-state index < -0.39 is 11.5 Å². The molecule has 130 valence electrons. The molecule has 0 aliphatic heterocycles. The molecule has 26 heavy (non-hydrogen) atoms. The highest BCUT2D eigenvalue weighted by molar-refractivity contribution is 14.1. The number of hydrogen-bond acceptors (Lipinski definition) is 3. The van der Waals surface area contributed by atoms with Gasteiger partial charge in [0, 0.05) is 3.57 Å². The maximum Gasteiger partial charge on any atom is 0.281 e. The molecule has 1 amide bonds. The third-order valence-electron chi connectivity index (χ3n) is 3.94. The second kappa shape index (κ2) is 8.25. The average molecular weight is 456 g/mol. The van der Waals surface area contributed by atoms with Gasteiger partial charge in [-0.3, -0.25) is 4.79 Å². The monoisotopic (exact) mass is 456 g/mol. The molecule has 0 radical (unpaired) electrons. The summed E-state index contributed by atoms with van der Waals surface area (Å²) in [7, 11) is 0. The zero-order chi connectivity index (χ0) is 18.4. The molecule has 5 heteroatoms. The van der Waals surface area contributed by atoms with Gasteiger partial charge in [0.25, 0.3) is 5.91 Å². The summed E-state index contributed by atoms with van der Waals surface area (Å²) in [5, 5.41) is 15.3. The molecule has 0 fully saturated rings. The molecular weight excluding hydrogens is 439 g/mol. The molecular formula is C21H17IN2O2. The first-order chi connectivity index (χ1) is 12.6. The van der Waals surface area contributed by atoms with Crippen molar-refractivity contribution in [1.82, 2.24) is 5.43 Å². The van der Waals surface area contributed by atoms with Crippen LogP contribution in [0.5, 0.6) is 0 Å². The van der Waals surface area contributed by atoms with Crippen molar-refractivity contribution in [3.8, 4) is 0 Å². The van der Waals surface area contributed by atoms with Crippen molar-refractivity contribution in [2.75, 3.05) is 0 Å². The van der Waals surface area contributed by atoms with Gasteiger partial charge in [-0.05, 0) is 51.4 Å². The lowest BCUT2D eigenvalue weighted by atomic mass is 9.85. The molecule has 3 rings (SSSR count). The van der Waals surface area contributed by atoms with Crippen molar-refractivity contribution < 1.29 is 9.90 Å². The van der Waals surface area contributed by atoms with Crippen LogP contribution in [0.2, 0.25) is 0 Å². The highest BCUT2D eigenvalue weighted by atomic mass is 127. The quantitative estimate of drug-likeness (QED) is 0.350. The summed E-state index contributed by atoms with van der Waals surface area (Å²) in [6.07, 6.45) is 1.55. The number of benzene rings is 3. The number of nitrogens with one attached hydrogen (secondary N) is 1. The van der Waals surface area contributed by atoms with E-state index in [-0.39, 0.29) is 0 Å². The maximum absolute atomic E-state index is 12.8. The van der Waals surface area contributed by atoms with Crippen molar-refractivity contribution in [3.05, 3.63) is 105 Å². The van der Waals surface area contributed by atoms with Crippen LogP contribution in [0.25, 0.3) is 0 Å². The van der Waals surface area contributed by atoms with Crippen molar-refractivity contribution >= 4 is 34.7 Å². The molecule has 4 nitrogen and oxygen atoms in total. The summed E-state index contributed by atoms with van der Waals surface area (Å²) in [6.45, 7) is 0. The number of carbonyl (C=O) groups excluding carboxylic acids is 1. The molecule has 0 aromatic heterocycles. The molecule has 0 unspecified atom stereocenters. The predicted molar refractivity (Wildman–Crippen MR) is 111 cm³/mol. The van der Waals surface area contributed by atoms with Crippen molar-refractivity contribution in [2.24, 2.45) is 5.10 Å². The lowest BCUT2D eigenvalue weighted by Gasteiger charge is -2.27. The van der Waals surface area contributed by atoms with Crippen LogP contribution in [0.15, 0.2) is 90.0 Å². The van der Waals surface area contributed by atoms with Crippen LogP contribution in [0, 0.1) is 3.57 Å². The minimum atomic E-state index is -1.83. The van der Waals surface area contributed by atoms with Gasteiger partial charge in [0.05, 0.1) is 6.21 Å². The van der Waals surface area contributed by atoms with Gasteiger partial charge in [0.15, 0.2) is 5.60 Å². The standard InChI is InChI=1S/C21H17IN2O2/c22-19-13-7-8-16(14-19)15-23-24-20(25)21(26,17-9-3-1-4-10-17)18-11-5-2-6-12-18/h1-15,26H,(H,24,25)/b23-15-. The van der Waals surface area contributed by atoms with Crippen molar-refractivity contribution in [2.45, 2.75) is 5.60 Å². The molecule has 0 bridgehead atoms. The van der Waals surface area contributed by atoms with E-state index in [2.05, 4.69) is 33.1 Å². The van der Waals surface area contributed by atoms with Gasteiger partial charge in [-0.15, -0.1) is 0 Å². The number of nitrogens with zero attached hydrogens (tertiary/aromatic N) is 1. The molecule has 2 N–H and O–H groups in total. The van der Waals surface area contributed by atoms with Crippen LogP contribution in [-0.2, 0) is 10.4 Å². The average Bonchev–Trinajstić information content (AvgIpc) is 2.68. The number of halogens is 1. The highest BCUT2D eigenvalue weighted by Gasteiger charge is 2.39. The Bertz CT molecular complexity index is 872. The van der Waals surface area contributed by atoms with E-state index in [9.17, 15) is 9.90 Å². The Labute approximate surface area is 165 Å². The third-order valence-corrected chi connectivity index (χ3v) is 4.61. The summed E-state index contributed by atoms with van der Waals surface area (Å²) < 4.78 is 1.07. The molecule has 3 aromatic carbocycles. The minimum Gasteiger partial charge on any atom is -0.372 e. The number of aliphatic hydroxyl groups is 1. The summed E-state index contributed by atoms with van der Waals surface area (Å²) in [5.74, 6) is -0.614. The van der Waals surface area contributed by atoms with Crippen molar-refractivity contribution in [1.29, 1.82) is 0 Å². The normalized spacial score (nSPS) is 11.5. The van der Waals surface area contributed by atoms with Crippen LogP contribution < -0.4 is 5.43 Å². The Morgan fingerprint density at radius 1 is 0.923 bits per heavy atom. The predicted octanol–water partition coefficient (Wildman–Crippen LogP) is 3.68. The number of amides is 1. The zero-order valence-electron chi connectivity index (χ0n) is 13.8. The maximum atomic E-state index is 12.8. The molecule has 0 saturated carbocycles. The Morgan fingerprint density at radius 3 is 2.04 bits per heavy atom. The van der Waals surface area contributed by atoms with E-state index >= 15 is 0 Å². The van der Waals surface area contributed by atoms with Gasteiger partial charge in [0.2, 0.25) is 0 Å². The fourth-order valence-corrected chi connectivity index (χ4v) is 3.19. The molecule has 0 aliphatic rings. The number of hydrogen-bond donors (Lipinski definition) is 2. The lowest BCUT2D eigenvalue weighted by Crippen LogP contribution is -2.43. The molecule has 0 aliphatic carbocycles. The van der Waals surface area contributed by atoms with Gasteiger partial charge in [-0.25, -0.2) is 5.43 Å². The van der Waals surface area contributed by atoms with Crippen LogP contribution in [-0.4, -0.2) is 17.2 Å². The van der Waals surface area contributed by atoms with E-state index in [0.717, 1.165) is 9.13 Å². The SMILES string of the molecule is O=C(N/N=C\c1cccc(I)c1)C(O)(c1ccccc1)c1ccccc1. The Hall–Kier alpha value is -2.51. The fraction of sp³-hybridized carbons (Fsp3) is 0.0476. The van der Waals surface area contributed by atoms with E-state index in [1.165, 1.54) is 0 Å². The summed E-state index contributed by atoms with van der Waals surface area (Å²) in [5.41, 5.74) is 2.46. The van der Waals surface area contributed by atoms with Gasteiger partial charge in [-0.1, -0.05) is 72.8 Å². The van der Waals surface area contributed by atoms with Crippen LogP contribution in [0.4, 0.5) is 0 Å². The van der Waals surface area contributed by atoms with Crippen LogP contribution in [0.3, 0.4) is 0 Å². The first kappa shape index (κ1) is 18.3. The topological polar surface area (TPSA) is 61.7 Å². The van der Waals surface area contributed by atoms with Gasteiger partial charge in [0.1, 0.15) is 0 Å².